The Kier molecular flexibility index (Phi) is 2.71. The number of allylic oxidation sites excluding steroid dienone is 5. The smallest absolute Gasteiger partial charge is 0.221 e. The van der Waals surface area contributed by atoms with Gasteiger partial charge >= 0.3 is 0 Å². The number of ether oxygens (including phenoxy) is 1. The Morgan fingerprint density at radius 2 is 2.36 bits per heavy atom. The van der Waals surface area contributed by atoms with E-state index in [-0.39, 0.29) is 0 Å². The fourth-order valence-electron chi connectivity index (χ4n) is 1.10. The summed E-state index contributed by atoms with van der Waals surface area (Å²) in [6, 6.07) is 1.72. The third kappa shape index (κ3) is 2.29. The number of rotatable bonds is 2. The third-order valence-electron chi connectivity index (χ3n) is 1.80. The van der Waals surface area contributed by atoms with Crippen molar-refractivity contribution in [1.29, 1.82) is 0 Å². The molecule has 14 heavy (non-hydrogen) atoms. The zero-order valence-electron chi connectivity index (χ0n) is 7.63. The van der Waals surface area contributed by atoms with Crippen LogP contribution in [-0.2, 0) is 0 Å². The second-order valence-electron chi connectivity index (χ2n) is 2.85. The van der Waals surface area contributed by atoms with E-state index in [1.165, 1.54) is 6.33 Å². The molecule has 0 fully saturated rings. The molecule has 3 heteroatoms. The van der Waals surface area contributed by atoms with Gasteiger partial charge in [-0.15, -0.1) is 0 Å². The van der Waals surface area contributed by atoms with Crippen molar-refractivity contribution in [2.45, 2.75) is 6.42 Å². The van der Waals surface area contributed by atoms with Crippen molar-refractivity contribution in [3.8, 4) is 5.88 Å². The highest BCUT2D eigenvalue weighted by Gasteiger charge is 1.95. The first-order valence-corrected chi connectivity index (χ1v) is 4.40. The molecule has 70 valence electrons. The second kappa shape index (κ2) is 4.37. The van der Waals surface area contributed by atoms with E-state index in [4.69, 9.17) is 4.74 Å². The van der Waals surface area contributed by atoms with Gasteiger partial charge in [-0.25, -0.2) is 9.97 Å². The van der Waals surface area contributed by atoms with Gasteiger partial charge in [0.15, 0.2) is 0 Å². The van der Waals surface area contributed by atoms with Crippen LogP contribution in [0.3, 0.4) is 0 Å². The molecule has 0 bridgehead atoms. The molecule has 0 N–H and O–H groups in total. The van der Waals surface area contributed by atoms with E-state index in [9.17, 15) is 0 Å². The minimum absolute atomic E-state index is 0.565. The summed E-state index contributed by atoms with van der Waals surface area (Å²) >= 11 is 0. The van der Waals surface area contributed by atoms with Crippen LogP contribution in [0.5, 0.6) is 5.88 Å². The zero-order chi connectivity index (χ0) is 9.64. The summed E-state index contributed by atoms with van der Waals surface area (Å²) in [5, 5.41) is 0. The van der Waals surface area contributed by atoms with Crippen LogP contribution in [-0.4, -0.2) is 9.97 Å². The summed E-state index contributed by atoms with van der Waals surface area (Å²) in [6.45, 7) is 0. The van der Waals surface area contributed by atoms with Crippen molar-refractivity contribution >= 4 is 0 Å². The fourth-order valence-corrected chi connectivity index (χ4v) is 1.10. The molecule has 1 heterocycles. The molecule has 0 saturated heterocycles. The van der Waals surface area contributed by atoms with Crippen molar-refractivity contribution in [3.05, 3.63) is 54.7 Å². The molecule has 0 atom stereocenters. The largest absolute Gasteiger partial charge is 0.446 e. The van der Waals surface area contributed by atoms with E-state index in [1.807, 2.05) is 18.2 Å². The Morgan fingerprint density at radius 1 is 1.36 bits per heavy atom. The summed E-state index contributed by atoms with van der Waals surface area (Å²) in [4.78, 5) is 7.75. The van der Waals surface area contributed by atoms with Crippen molar-refractivity contribution in [3.63, 3.8) is 0 Å². The normalized spacial score (nSPS) is 17.3. The lowest BCUT2D eigenvalue weighted by molar-refractivity contribution is 0.455. The minimum atomic E-state index is 0.565. The second-order valence-corrected chi connectivity index (χ2v) is 2.85. The van der Waals surface area contributed by atoms with Gasteiger partial charge in [0.25, 0.3) is 0 Å². The standard InChI is InChI=1S/C11H10N2O/c1-2-4-10(5-3-1)8-14-11-6-7-12-9-13-11/h1-4,6-9H,5H2/b10-8+. The molecular weight excluding hydrogens is 176 g/mol. The van der Waals surface area contributed by atoms with Crippen LogP contribution in [0.15, 0.2) is 54.7 Å². The monoisotopic (exact) mass is 186 g/mol. The summed E-state index contributed by atoms with van der Waals surface area (Å²) < 4.78 is 5.35. The summed E-state index contributed by atoms with van der Waals surface area (Å²) in [5.74, 6) is 0.565. The predicted octanol–water partition coefficient (Wildman–Crippen LogP) is 2.26. The van der Waals surface area contributed by atoms with Crippen molar-refractivity contribution in [1.82, 2.24) is 9.97 Å². The first-order valence-electron chi connectivity index (χ1n) is 4.40. The van der Waals surface area contributed by atoms with Crippen LogP contribution < -0.4 is 4.74 Å². The van der Waals surface area contributed by atoms with Crippen LogP contribution in [0.2, 0.25) is 0 Å². The lowest BCUT2D eigenvalue weighted by atomic mass is 10.1. The fraction of sp³-hybridized carbons (Fsp3) is 0.0909. The maximum absolute atomic E-state index is 5.35. The van der Waals surface area contributed by atoms with E-state index in [1.54, 1.807) is 18.5 Å². The molecule has 1 aromatic rings. The third-order valence-corrected chi connectivity index (χ3v) is 1.80. The van der Waals surface area contributed by atoms with Gasteiger partial charge in [0.2, 0.25) is 5.88 Å². The van der Waals surface area contributed by atoms with Gasteiger partial charge in [-0.1, -0.05) is 24.3 Å². The molecule has 0 saturated carbocycles. The van der Waals surface area contributed by atoms with Gasteiger partial charge in [0.1, 0.15) is 6.33 Å². The number of aromatic nitrogens is 2. The Hall–Kier alpha value is -1.90. The average molecular weight is 186 g/mol. The topological polar surface area (TPSA) is 35.0 Å². The molecule has 0 amide bonds. The van der Waals surface area contributed by atoms with E-state index >= 15 is 0 Å². The molecule has 3 nitrogen and oxygen atoms in total. The highest BCUT2D eigenvalue weighted by Crippen LogP contribution is 2.11. The molecule has 0 aromatic carbocycles. The first kappa shape index (κ1) is 8.69. The van der Waals surface area contributed by atoms with E-state index < -0.39 is 0 Å². The molecule has 0 unspecified atom stereocenters. The predicted molar refractivity (Wildman–Crippen MR) is 53.6 cm³/mol. The molecule has 0 aliphatic heterocycles. The van der Waals surface area contributed by atoms with E-state index in [0.29, 0.717) is 5.88 Å². The highest BCUT2D eigenvalue weighted by atomic mass is 16.5. The maximum atomic E-state index is 5.35. The highest BCUT2D eigenvalue weighted by molar-refractivity contribution is 5.28. The quantitative estimate of drug-likeness (QED) is 0.664. The van der Waals surface area contributed by atoms with Gasteiger partial charge in [0.05, 0.1) is 6.26 Å². The minimum Gasteiger partial charge on any atom is -0.446 e. The van der Waals surface area contributed by atoms with Crippen LogP contribution >= 0.6 is 0 Å². The molecule has 1 aliphatic rings. The summed E-state index contributed by atoms with van der Waals surface area (Å²) in [6.07, 6.45) is 13.8. The van der Waals surface area contributed by atoms with Gasteiger partial charge in [-0.05, 0) is 12.0 Å². The Bertz CT molecular complexity index is 380. The van der Waals surface area contributed by atoms with Crippen LogP contribution in [0, 0.1) is 0 Å². The molecule has 1 aromatic heterocycles. The van der Waals surface area contributed by atoms with Crippen LogP contribution in [0.4, 0.5) is 0 Å². The lowest BCUT2D eigenvalue weighted by Gasteiger charge is -2.02. The SMILES string of the molecule is C1=CC/C(=C/Oc2ccncn2)C=C1. The average Bonchev–Trinajstić information content (AvgIpc) is 2.29. The summed E-state index contributed by atoms with van der Waals surface area (Å²) in [5.41, 5.74) is 1.13. The van der Waals surface area contributed by atoms with E-state index in [0.717, 1.165) is 12.0 Å². The van der Waals surface area contributed by atoms with Gasteiger partial charge in [0, 0.05) is 12.3 Å². The number of nitrogens with zero attached hydrogens (tertiary/aromatic N) is 2. The van der Waals surface area contributed by atoms with Gasteiger partial charge in [-0.3, -0.25) is 0 Å². The lowest BCUT2D eigenvalue weighted by Crippen LogP contribution is -1.90. The maximum Gasteiger partial charge on any atom is 0.221 e. The van der Waals surface area contributed by atoms with Gasteiger partial charge in [-0.2, -0.15) is 0 Å². The van der Waals surface area contributed by atoms with E-state index in [2.05, 4.69) is 16.0 Å². The molecular formula is C11H10N2O. The number of hydrogen-bond donors (Lipinski definition) is 0. The Balaban J connectivity index is 2.00. The van der Waals surface area contributed by atoms with Crippen molar-refractivity contribution in [2.75, 3.05) is 0 Å². The molecule has 1 aliphatic carbocycles. The first-order chi connectivity index (χ1) is 6.95. The van der Waals surface area contributed by atoms with Gasteiger partial charge < -0.3 is 4.74 Å². The summed E-state index contributed by atoms with van der Waals surface area (Å²) in [7, 11) is 0. The van der Waals surface area contributed by atoms with Crippen LogP contribution in [0.25, 0.3) is 0 Å². The van der Waals surface area contributed by atoms with Crippen molar-refractivity contribution in [2.24, 2.45) is 0 Å². The van der Waals surface area contributed by atoms with Crippen molar-refractivity contribution < 1.29 is 4.74 Å². The molecule has 0 spiro atoms. The van der Waals surface area contributed by atoms with Crippen LogP contribution in [0.1, 0.15) is 6.42 Å². The Labute approximate surface area is 82.5 Å². The molecule has 2 rings (SSSR count). The zero-order valence-corrected chi connectivity index (χ0v) is 7.63. The Morgan fingerprint density at radius 3 is 3.07 bits per heavy atom. The number of hydrogen-bond acceptors (Lipinski definition) is 3. The molecule has 0 radical (unpaired) electrons.